The quantitative estimate of drug-likeness (QED) is 0.280. The van der Waals surface area contributed by atoms with E-state index in [2.05, 4.69) is 0 Å². The van der Waals surface area contributed by atoms with Crippen molar-refractivity contribution in [2.24, 2.45) is 0 Å². The van der Waals surface area contributed by atoms with E-state index in [0.29, 0.717) is 0 Å². The van der Waals surface area contributed by atoms with Crippen LogP contribution in [0.4, 0.5) is 0 Å². The zero-order valence-electron chi connectivity index (χ0n) is 2.30. The molecule has 0 saturated carbocycles. The summed E-state index contributed by atoms with van der Waals surface area (Å²) in [5.41, 5.74) is 0. The Hall–Kier alpha value is 0.947. The second-order valence-electron chi connectivity index (χ2n) is 0. The summed E-state index contributed by atoms with van der Waals surface area (Å²) in [5, 5.41) is 0. The standard InChI is InChI=1S/Li.N.O.P. The van der Waals surface area contributed by atoms with Crippen LogP contribution in [0.5, 0.6) is 0 Å². The summed E-state index contributed by atoms with van der Waals surface area (Å²) >= 11 is 0. The van der Waals surface area contributed by atoms with E-state index in [1.807, 2.05) is 0 Å². The van der Waals surface area contributed by atoms with Crippen LogP contribution in [0.25, 0.3) is 0 Å². The van der Waals surface area contributed by atoms with E-state index in [1.165, 1.54) is 0 Å². The molecule has 0 aliphatic heterocycles. The van der Waals surface area contributed by atoms with Crippen LogP contribution >= 0.6 is 9.90 Å². The molecule has 4 heavy (non-hydrogen) atoms. The first-order valence-corrected chi connectivity index (χ1v) is 0. The average Bonchev–Trinajstić information content (AvgIpc) is 0. The van der Waals surface area contributed by atoms with Crippen molar-refractivity contribution in [2.75, 3.05) is 0 Å². The Morgan fingerprint density at radius 2 is 1.00 bits per heavy atom. The largest absolute Gasteiger partial charge is 0 e. The van der Waals surface area contributed by atoms with Crippen LogP contribution in [-0.4, -0.2) is 18.9 Å². The first-order valence-electron chi connectivity index (χ1n) is 0. The minimum atomic E-state index is 0. The van der Waals surface area contributed by atoms with Crippen molar-refractivity contribution in [3.05, 3.63) is 0 Å². The molecule has 4 heteroatoms. The molecule has 0 aliphatic carbocycles. The van der Waals surface area contributed by atoms with Crippen LogP contribution in [0, 0.1) is 0 Å². The monoisotopic (exact) mass is 68.0 g/mol. The molecule has 0 aromatic rings. The molecule has 0 N–H and O–H groups in total. The van der Waals surface area contributed by atoms with E-state index in [-0.39, 0.29) is 40.4 Å². The molecule has 9 radical (unpaired) electrons. The molecule has 2 nitrogen and oxygen atoms in total. The van der Waals surface area contributed by atoms with Crippen molar-refractivity contribution in [1.82, 2.24) is 6.15 Å². The maximum atomic E-state index is 0. The summed E-state index contributed by atoms with van der Waals surface area (Å²) in [5.74, 6) is 0. The summed E-state index contributed by atoms with van der Waals surface area (Å²) in [6.07, 6.45) is 0. The summed E-state index contributed by atoms with van der Waals surface area (Å²) < 4.78 is 0. The fraction of sp³-hybridized carbons (Fsp3) is 0. The molecule has 0 rings (SSSR count). The third kappa shape index (κ3) is 12.5. The van der Waals surface area contributed by atoms with Crippen molar-refractivity contribution in [3.63, 3.8) is 0 Å². The second-order valence-corrected chi connectivity index (χ2v) is 0. The third-order valence-electron chi connectivity index (χ3n) is 0. The maximum absolute atomic E-state index is 0. The predicted octanol–water partition coefficient (Wildman–Crippen LogP) is -0.119. The number of hydrogen-bond donors (Lipinski definition) is 0. The van der Waals surface area contributed by atoms with E-state index in [9.17, 15) is 0 Å². The zero-order valence-corrected chi connectivity index (χ0v) is 3.20. The molecular weight excluding hydrogens is 67.9 g/mol. The molecule has 0 unspecified atom stereocenters. The third-order valence-corrected chi connectivity index (χ3v) is 0. The molecule has 17 valence electrons. The van der Waals surface area contributed by atoms with E-state index in [1.54, 1.807) is 0 Å². The van der Waals surface area contributed by atoms with Gasteiger partial charge in [-0.3, -0.25) is 0 Å². The Balaban J connectivity index is 0. The van der Waals surface area contributed by atoms with Crippen molar-refractivity contribution in [3.8, 4) is 0 Å². The Morgan fingerprint density at radius 1 is 1.00 bits per heavy atom. The van der Waals surface area contributed by atoms with Gasteiger partial charge in [-0.05, 0) is 0 Å². The summed E-state index contributed by atoms with van der Waals surface area (Å²) in [4.78, 5) is 0. The smallest absolute Gasteiger partial charge is 0 e. The SMILES string of the molecule is [Li].[N].[O].[P]. The fourth-order valence-corrected chi connectivity index (χ4v) is 0. The van der Waals surface area contributed by atoms with Gasteiger partial charge in [-0.2, -0.15) is 0 Å². The van der Waals surface area contributed by atoms with Crippen LogP contribution in [0.1, 0.15) is 0 Å². The van der Waals surface area contributed by atoms with Gasteiger partial charge in [-0.1, -0.05) is 0 Å². The van der Waals surface area contributed by atoms with Gasteiger partial charge in [0.1, 0.15) is 0 Å². The molecule has 0 saturated heterocycles. The first kappa shape index (κ1) is 85.9. The Labute approximate surface area is 41.0 Å². The zero-order chi connectivity index (χ0) is 0. The van der Waals surface area contributed by atoms with Crippen LogP contribution in [0.3, 0.4) is 0 Å². The Morgan fingerprint density at radius 3 is 1.00 bits per heavy atom. The molecule has 0 fully saturated rings. The van der Waals surface area contributed by atoms with Crippen LogP contribution in [0.15, 0.2) is 0 Å². The number of nitrogens with zero attached hydrogens (tertiary/aromatic N) is 1. The first-order chi connectivity index (χ1) is 0. The van der Waals surface area contributed by atoms with Gasteiger partial charge < -0.3 is 0 Å². The van der Waals surface area contributed by atoms with Crippen LogP contribution in [-0.2, 0) is 5.48 Å². The Kier molecular flexibility index (Phi) is 820. The average molecular weight is 67.9 g/mol. The molecule has 0 bridgehead atoms. The number of hydrogen-bond acceptors (Lipinski definition) is 0. The fourth-order valence-electron chi connectivity index (χ4n) is 0. The normalized spacial score (nSPS) is 0. The molecular formula is LiNOP. The van der Waals surface area contributed by atoms with Crippen molar-refractivity contribution in [1.29, 1.82) is 0 Å². The van der Waals surface area contributed by atoms with Gasteiger partial charge >= 0.3 is 0 Å². The van der Waals surface area contributed by atoms with E-state index in [0.717, 1.165) is 0 Å². The molecule has 0 amide bonds. The topological polar surface area (TPSA) is 59.0 Å². The van der Waals surface area contributed by atoms with E-state index < -0.39 is 0 Å². The van der Waals surface area contributed by atoms with Gasteiger partial charge in [0, 0.05) is 40.4 Å². The minimum absolute atomic E-state index is 0. The molecule has 0 aromatic heterocycles. The van der Waals surface area contributed by atoms with Gasteiger partial charge in [-0.15, -0.1) is 0 Å². The Bertz CT molecular complexity index is 8.00. The van der Waals surface area contributed by atoms with Crippen LogP contribution in [0.2, 0.25) is 0 Å². The predicted molar refractivity (Wildman–Crippen MR) is 15.5 cm³/mol. The van der Waals surface area contributed by atoms with Gasteiger partial charge in [0.2, 0.25) is 0 Å². The molecule has 0 aromatic carbocycles. The summed E-state index contributed by atoms with van der Waals surface area (Å²) in [6, 6.07) is 0. The molecule has 0 spiro atoms. The van der Waals surface area contributed by atoms with Gasteiger partial charge in [0.25, 0.3) is 0 Å². The second kappa shape index (κ2) is 38.2. The van der Waals surface area contributed by atoms with E-state index in [4.69, 9.17) is 0 Å². The van der Waals surface area contributed by atoms with Crippen molar-refractivity contribution in [2.45, 2.75) is 0 Å². The summed E-state index contributed by atoms with van der Waals surface area (Å²) in [7, 11) is 0. The molecule has 0 atom stereocenters. The van der Waals surface area contributed by atoms with Gasteiger partial charge in [0.15, 0.2) is 0 Å². The number of rotatable bonds is 0. The summed E-state index contributed by atoms with van der Waals surface area (Å²) in [6.45, 7) is 0. The molecule has 0 aliphatic rings. The van der Waals surface area contributed by atoms with Crippen LogP contribution < -0.4 is 6.15 Å². The minimum Gasteiger partial charge on any atom is 0 e. The van der Waals surface area contributed by atoms with Gasteiger partial charge in [0.05, 0.1) is 0 Å². The maximum Gasteiger partial charge on any atom is 0 e. The van der Waals surface area contributed by atoms with Gasteiger partial charge in [-0.25, -0.2) is 0 Å². The van der Waals surface area contributed by atoms with E-state index >= 15 is 0 Å². The van der Waals surface area contributed by atoms with Crippen molar-refractivity contribution >= 4 is 28.8 Å². The van der Waals surface area contributed by atoms with Crippen molar-refractivity contribution < 1.29 is 5.48 Å². The molecule has 0 heterocycles.